The molecule has 0 radical (unpaired) electrons. The summed E-state index contributed by atoms with van der Waals surface area (Å²) < 4.78 is 4.93. The molecule has 1 aromatic carbocycles. The van der Waals surface area contributed by atoms with E-state index in [2.05, 4.69) is 0 Å². The van der Waals surface area contributed by atoms with E-state index in [4.69, 9.17) is 21.4 Å². The molecule has 1 unspecified atom stereocenters. The highest BCUT2D eigenvalue weighted by Gasteiger charge is 2.24. The molecule has 0 bridgehead atoms. The van der Waals surface area contributed by atoms with E-state index in [1.165, 1.54) is 19.1 Å². The van der Waals surface area contributed by atoms with Crippen LogP contribution in [-0.2, 0) is 14.3 Å². The Kier molecular flexibility index (Phi) is 6.11. The molecule has 0 saturated carbocycles. The molecule has 0 aliphatic heterocycles. The van der Waals surface area contributed by atoms with Crippen molar-refractivity contribution in [3.8, 4) is 0 Å². The third-order valence-electron chi connectivity index (χ3n) is 2.65. The molecule has 0 aliphatic carbocycles. The Morgan fingerprint density at radius 1 is 1.38 bits per heavy atom. The summed E-state index contributed by atoms with van der Waals surface area (Å²) in [6.07, 6.45) is 2.20. The van der Waals surface area contributed by atoms with Gasteiger partial charge in [-0.2, -0.15) is 0 Å². The Morgan fingerprint density at radius 2 is 2.05 bits per heavy atom. The molecule has 1 aromatic rings. The third-order valence-corrected chi connectivity index (χ3v) is 3.18. The van der Waals surface area contributed by atoms with Crippen molar-refractivity contribution in [1.29, 1.82) is 0 Å². The fraction of sp³-hybridized carbons (Fsp3) is 0.267. The van der Waals surface area contributed by atoms with Crippen LogP contribution in [0.2, 0.25) is 0 Å². The molecule has 1 N–H and O–H groups in total. The number of carbonyl (C=O) groups excluding carboxylic acids is 2. The standard InChI is InChI=1S/C15H15ClO5/c1-3-21-15(20)11-6-4-5-10(7-8-12(18)19)13(11)14(16)9(2)17/h4-8,14H,3H2,1-2H3,(H,18,19)/b8-7+. The van der Waals surface area contributed by atoms with Crippen molar-refractivity contribution in [3.05, 3.63) is 41.0 Å². The Labute approximate surface area is 127 Å². The van der Waals surface area contributed by atoms with Crippen LogP contribution in [0.15, 0.2) is 24.3 Å². The summed E-state index contributed by atoms with van der Waals surface area (Å²) in [5.41, 5.74) is 0.792. The summed E-state index contributed by atoms with van der Waals surface area (Å²) in [4.78, 5) is 34.1. The number of hydrogen-bond donors (Lipinski definition) is 1. The largest absolute Gasteiger partial charge is 0.478 e. The summed E-state index contributed by atoms with van der Waals surface area (Å²) in [5, 5.41) is 7.64. The lowest BCUT2D eigenvalue weighted by Crippen LogP contribution is -2.13. The molecule has 0 spiro atoms. The Bertz CT molecular complexity index is 592. The number of esters is 1. The number of hydrogen-bond acceptors (Lipinski definition) is 4. The number of carboxylic acids is 1. The maximum atomic E-state index is 12.0. The van der Waals surface area contributed by atoms with Crippen LogP contribution in [0.5, 0.6) is 0 Å². The molecule has 5 nitrogen and oxygen atoms in total. The quantitative estimate of drug-likeness (QED) is 0.496. The summed E-state index contributed by atoms with van der Waals surface area (Å²) in [5.74, 6) is -2.10. The summed E-state index contributed by atoms with van der Waals surface area (Å²) in [6.45, 7) is 3.14. The fourth-order valence-corrected chi connectivity index (χ4v) is 2.01. The SMILES string of the molecule is CCOC(=O)c1cccc(/C=C/C(=O)O)c1C(Cl)C(C)=O. The van der Waals surface area contributed by atoms with Crippen LogP contribution in [-0.4, -0.2) is 29.4 Å². The molecule has 0 amide bonds. The van der Waals surface area contributed by atoms with Crippen molar-refractivity contribution >= 4 is 35.4 Å². The molecule has 0 aliphatic rings. The van der Waals surface area contributed by atoms with Gasteiger partial charge in [0, 0.05) is 6.08 Å². The maximum absolute atomic E-state index is 12.0. The normalized spacial score (nSPS) is 12.1. The zero-order chi connectivity index (χ0) is 16.0. The molecule has 1 atom stereocenters. The molecule has 112 valence electrons. The Balaban J connectivity index is 3.44. The molecule has 21 heavy (non-hydrogen) atoms. The zero-order valence-electron chi connectivity index (χ0n) is 11.6. The van der Waals surface area contributed by atoms with Crippen LogP contribution in [0.1, 0.15) is 40.7 Å². The third kappa shape index (κ3) is 4.43. The first-order valence-electron chi connectivity index (χ1n) is 6.24. The van der Waals surface area contributed by atoms with E-state index < -0.39 is 17.3 Å². The van der Waals surface area contributed by atoms with Crippen LogP contribution in [0.4, 0.5) is 0 Å². The van der Waals surface area contributed by atoms with Gasteiger partial charge >= 0.3 is 11.9 Å². The molecule has 1 rings (SSSR count). The fourth-order valence-electron chi connectivity index (χ4n) is 1.76. The molecule has 0 saturated heterocycles. The van der Waals surface area contributed by atoms with Gasteiger partial charge in [0.15, 0.2) is 5.78 Å². The zero-order valence-corrected chi connectivity index (χ0v) is 12.4. The van der Waals surface area contributed by atoms with Crippen molar-refractivity contribution in [2.75, 3.05) is 6.61 Å². The van der Waals surface area contributed by atoms with E-state index in [1.54, 1.807) is 19.1 Å². The van der Waals surface area contributed by atoms with Gasteiger partial charge in [-0.25, -0.2) is 9.59 Å². The maximum Gasteiger partial charge on any atom is 0.338 e. The van der Waals surface area contributed by atoms with E-state index in [1.807, 2.05) is 0 Å². The minimum atomic E-state index is -1.14. The second-order valence-corrected chi connectivity index (χ2v) is 4.61. The highest BCUT2D eigenvalue weighted by Crippen LogP contribution is 2.30. The molecule has 0 aromatic heterocycles. The van der Waals surface area contributed by atoms with Gasteiger partial charge in [0.1, 0.15) is 5.38 Å². The molecule has 0 heterocycles. The van der Waals surface area contributed by atoms with E-state index >= 15 is 0 Å². The number of Topliss-reactive ketones (excluding diaryl/α,β-unsaturated/α-hetero) is 1. The number of benzene rings is 1. The first kappa shape index (κ1) is 16.9. The molecule has 6 heteroatoms. The van der Waals surface area contributed by atoms with Crippen molar-refractivity contribution in [1.82, 2.24) is 0 Å². The van der Waals surface area contributed by atoms with Crippen molar-refractivity contribution < 1.29 is 24.2 Å². The predicted molar refractivity (Wildman–Crippen MR) is 78.3 cm³/mol. The van der Waals surface area contributed by atoms with Gasteiger partial charge in [-0.1, -0.05) is 12.1 Å². The van der Waals surface area contributed by atoms with Crippen molar-refractivity contribution in [3.63, 3.8) is 0 Å². The lowest BCUT2D eigenvalue weighted by molar-refractivity contribution is -0.131. The number of carbonyl (C=O) groups is 3. The first-order chi connectivity index (χ1) is 9.88. The smallest absolute Gasteiger partial charge is 0.338 e. The number of ketones is 1. The Hall–Kier alpha value is -2.14. The average molecular weight is 311 g/mol. The summed E-state index contributed by atoms with van der Waals surface area (Å²) in [6, 6.07) is 4.64. The molecule has 0 fully saturated rings. The second-order valence-electron chi connectivity index (χ2n) is 4.17. The van der Waals surface area contributed by atoms with Gasteiger partial charge in [0.2, 0.25) is 0 Å². The topological polar surface area (TPSA) is 80.7 Å². The number of halogens is 1. The molecular formula is C15H15ClO5. The van der Waals surface area contributed by atoms with Crippen LogP contribution in [0, 0.1) is 0 Å². The van der Waals surface area contributed by atoms with Crippen molar-refractivity contribution in [2.45, 2.75) is 19.2 Å². The van der Waals surface area contributed by atoms with Crippen LogP contribution >= 0.6 is 11.6 Å². The van der Waals surface area contributed by atoms with Crippen LogP contribution in [0.25, 0.3) is 6.08 Å². The predicted octanol–water partition coefficient (Wildman–Crippen LogP) is 2.83. The van der Waals surface area contributed by atoms with E-state index in [-0.39, 0.29) is 23.5 Å². The highest BCUT2D eigenvalue weighted by atomic mass is 35.5. The van der Waals surface area contributed by atoms with Gasteiger partial charge in [-0.05, 0) is 37.1 Å². The van der Waals surface area contributed by atoms with Gasteiger partial charge in [0.05, 0.1) is 12.2 Å². The lowest BCUT2D eigenvalue weighted by Gasteiger charge is -2.15. The number of alkyl halides is 1. The van der Waals surface area contributed by atoms with Gasteiger partial charge in [0.25, 0.3) is 0 Å². The van der Waals surface area contributed by atoms with Gasteiger partial charge in [-0.3, -0.25) is 4.79 Å². The van der Waals surface area contributed by atoms with Crippen LogP contribution in [0.3, 0.4) is 0 Å². The monoisotopic (exact) mass is 310 g/mol. The average Bonchev–Trinajstić information content (AvgIpc) is 2.43. The van der Waals surface area contributed by atoms with Gasteiger partial charge < -0.3 is 9.84 Å². The van der Waals surface area contributed by atoms with Gasteiger partial charge in [-0.15, -0.1) is 11.6 Å². The minimum Gasteiger partial charge on any atom is -0.478 e. The molecular weight excluding hydrogens is 296 g/mol. The summed E-state index contributed by atoms with van der Waals surface area (Å²) >= 11 is 6.07. The highest BCUT2D eigenvalue weighted by molar-refractivity contribution is 6.31. The number of rotatable bonds is 6. The first-order valence-corrected chi connectivity index (χ1v) is 6.67. The van der Waals surface area contributed by atoms with Crippen LogP contribution < -0.4 is 0 Å². The lowest BCUT2D eigenvalue weighted by atomic mass is 9.96. The second kappa shape index (κ2) is 7.59. The number of ether oxygens (including phenoxy) is 1. The summed E-state index contributed by atoms with van der Waals surface area (Å²) in [7, 11) is 0. The Morgan fingerprint density at radius 3 is 2.57 bits per heavy atom. The number of aliphatic carboxylic acids is 1. The van der Waals surface area contributed by atoms with E-state index in [0.29, 0.717) is 5.56 Å². The van der Waals surface area contributed by atoms with E-state index in [9.17, 15) is 14.4 Å². The van der Waals surface area contributed by atoms with Crippen molar-refractivity contribution in [2.24, 2.45) is 0 Å². The minimum absolute atomic E-state index is 0.152. The number of carboxylic acid groups (broad SMARTS) is 1. The van der Waals surface area contributed by atoms with E-state index in [0.717, 1.165) is 6.08 Å².